The van der Waals surface area contributed by atoms with Crippen LogP contribution in [0.2, 0.25) is 4.34 Å². The normalized spacial score (nSPS) is 40.5. The third-order valence-corrected chi connectivity index (χ3v) is 8.06. The Morgan fingerprint density at radius 1 is 1.29 bits per heavy atom. The lowest BCUT2D eigenvalue weighted by Crippen LogP contribution is -2.51. The second kappa shape index (κ2) is 4.72. The van der Waals surface area contributed by atoms with E-state index in [1.54, 1.807) is 11.3 Å². The molecule has 2 bridgehead atoms. The molecule has 4 unspecified atom stereocenters. The van der Waals surface area contributed by atoms with Crippen molar-refractivity contribution in [3.63, 3.8) is 0 Å². The first kappa shape index (κ1) is 14.5. The van der Waals surface area contributed by atoms with Crippen molar-refractivity contribution in [2.24, 2.45) is 16.7 Å². The average molecular weight is 324 g/mol. The first-order valence-corrected chi connectivity index (χ1v) is 9.64. The topological polar surface area (TPSA) is 12.0 Å². The van der Waals surface area contributed by atoms with Crippen LogP contribution in [0, 0.1) is 16.7 Å². The standard InChI is InChI=1S/C18H26ClNS/c1-17(2)11-7-8-18(3,10-11)16(17)20-13-5-4-6-14-12(13)9-15(19)21-14/h9,11,13,16,20H,4-8,10H2,1-3H3. The first-order chi connectivity index (χ1) is 9.90. The molecule has 4 rings (SSSR count). The third kappa shape index (κ3) is 2.13. The Bertz CT molecular complexity index is 559. The van der Waals surface area contributed by atoms with Crippen LogP contribution >= 0.6 is 22.9 Å². The summed E-state index contributed by atoms with van der Waals surface area (Å²) in [4.78, 5) is 1.52. The van der Waals surface area contributed by atoms with Gasteiger partial charge in [-0.15, -0.1) is 11.3 Å². The van der Waals surface area contributed by atoms with E-state index >= 15 is 0 Å². The Hall–Kier alpha value is -0.0500. The minimum Gasteiger partial charge on any atom is -0.306 e. The summed E-state index contributed by atoms with van der Waals surface area (Å²) in [6.07, 6.45) is 8.05. The number of hydrogen-bond donors (Lipinski definition) is 1. The molecule has 3 heteroatoms. The zero-order valence-corrected chi connectivity index (χ0v) is 14.9. The van der Waals surface area contributed by atoms with Crippen molar-refractivity contribution < 1.29 is 0 Å². The van der Waals surface area contributed by atoms with Gasteiger partial charge in [0, 0.05) is 17.0 Å². The maximum absolute atomic E-state index is 6.27. The van der Waals surface area contributed by atoms with E-state index < -0.39 is 0 Å². The molecule has 2 fully saturated rings. The van der Waals surface area contributed by atoms with Gasteiger partial charge >= 0.3 is 0 Å². The molecule has 0 amide bonds. The van der Waals surface area contributed by atoms with Gasteiger partial charge in [-0.25, -0.2) is 0 Å². The van der Waals surface area contributed by atoms with E-state index in [0.29, 0.717) is 22.9 Å². The molecule has 0 aliphatic heterocycles. The van der Waals surface area contributed by atoms with Crippen LogP contribution in [0.4, 0.5) is 0 Å². The molecule has 1 nitrogen and oxygen atoms in total. The molecular weight excluding hydrogens is 298 g/mol. The van der Waals surface area contributed by atoms with Gasteiger partial charge in [0.1, 0.15) is 0 Å². The van der Waals surface area contributed by atoms with E-state index in [0.717, 1.165) is 10.3 Å². The summed E-state index contributed by atoms with van der Waals surface area (Å²) in [7, 11) is 0. The summed E-state index contributed by atoms with van der Waals surface area (Å²) in [6, 6.07) is 3.40. The fourth-order valence-electron chi connectivity index (χ4n) is 5.61. The molecule has 116 valence electrons. The van der Waals surface area contributed by atoms with Crippen molar-refractivity contribution in [1.82, 2.24) is 5.32 Å². The highest BCUT2D eigenvalue weighted by Crippen LogP contribution is 2.63. The highest BCUT2D eigenvalue weighted by Gasteiger charge is 2.59. The van der Waals surface area contributed by atoms with Crippen molar-refractivity contribution in [3.8, 4) is 0 Å². The van der Waals surface area contributed by atoms with Crippen LogP contribution in [0.1, 0.15) is 69.4 Å². The number of halogens is 1. The minimum atomic E-state index is 0.435. The number of rotatable bonds is 2. The fraction of sp³-hybridized carbons (Fsp3) is 0.778. The highest BCUT2D eigenvalue weighted by atomic mass is 35.5. The van der Waals surface area contributed by atoms with Gasteiger partial charge in [0.05, 0.1) is 4.34 Å². The Balaban J connectivity index is 1.62. The van der Waals surface area contributed by atoms with Gasteiger partial charge in [-0.1, -0.05) is 32.4 Å². The predicted molar refractivity (Wildman–Crippen MR) is 91.2 cm³/mol. The average Bonchev–Trinajstić information content (AvgIpc) is 3.02. The monoisotopic (exact) mass is 323 g/mol. The maximum Gasteiger partial charge on any atom is 0.0934 e. The maximum atomic E-state index is 6.27. The van der Waals surface area contributed by atoms with Crippen molar-refractivity contribution in [3.05, 3.63) is 20.8 Å². The molecule has 1 aromatic heterocycles. The molecule has 21 heavy (non-hydrogen) atoms. The van der Waals surface area contributed by atoms with Crippen molar-refractivity contribution in [2.45, 2.75) is 71.4 Å². The first-order valence-electron chi connectivity index (χ1n) is 8.44. The van der Waals surface area contributed by atoms with Gasteiger partial charge in [0.2, 0.25) is 0 Å². The number of fused-ring (bicyclic) bond motifs is 3. The molecule has 4 atom stereocenters. The Kier molecular flexibility index (Phi) is 3.27. The molecule has 2 saturated carbocycles. The van der Waals surface area contributed by atoms with Crippen molar-refractivity contribution >= 4 is 22.9 Å². The summed E-state index contributed by atoms with van der Waals surface area (Å²) >= 11 is 8.06. The van der Waals surface area contributed by atoms with E-state index in [9.17, 15) is 0 Å². The van der Waals surface area contributed by atoms with Crippen LogP contribution in [-0.4, -0.2) is 6.04 Å². The molecule has 1 aromatic rings. The zero-order valence-electron chi connectivity index (χ0n) is 13.3. The van der Waals surface area contributed by atoms with Crippen molar-refractivity contribution in [2.75, 3.05) is 0 Å². The van der Waals surface area contributed by atoms with E-state index in [1.807, 2.05) is 0 Å². The molecule has 0 radical (unpaired) electrons. The number of aryl methyl sites for hydroxylation is 1. The molecular formula is C18H26ClNS. The summed E-state index contributed by atoms with van der Waals surface area (Å²) < 4.78 is 0.965. The summed E-state index contributed by atoms with van der Waals surface area (Å²) in [5.41, 5.74) is 2.44. The van der Waals surface area contributed by atoms with Crippen LogP contribution < -0.4 is 5.32 Å². The van der Waals surface area contributed by atoms with E-state index in [1.165, 1.54) is 49.0 Å². The second-order valence-electron chi connectivity index (χ2n) is 8.39. The molecule has 1 heterocycles. The van der Waals surface area contributed by atoms with E-state index in [-0.39, 0.29) is 0 Å². The quantitative estimate of drug-likeness (QED) is 0.748. The smallest absolute Gasteiger partial charge is 0.0934 e. The molecule has 0 spiro atoms. The third-order valence-electron chi connectivity index (χ3n) is 6.72. The molecule has 1 N–H and O–H groups in total. The molecule has 0 aromatic carbocycles. The predicted octanol–water partition coefficient (Wildman–Crippen LogP) is 5.58. The van der Waals surface area contributed by atoms with E-state index in [2.05, 4.69) is 32.2 Å². The number of thiophene rings is 1. The second-order valence-corrected chi connectivity index (χ2v) is 10.2. The highest BCUT2D eigenvalue weighted by molar-refractivity contribution is 7.16. The van der Waals surface area contributed by atoms with Gasteiger partial charge in [-0.05, 0) is 66.9 Å². The summed E-state index contributed by atoms with van der Waals surface area (Å²) in [6.45, 7) is 7.50. The van der Waals surface area contributed by atoms with Crippen LogP contribution in [-0.2, 0) is 6.42 Å². The SMILES string of the molecule is CC12CCC(C1)C(C)(C)C2NC1CCCc2sc(Cl)cc21. The van der Waals surface area contributed by atoms with Crippen LogP contribution in [0.3, 0.4) is 0 Å². The molecule has 3 aliphatic carbocycles. The Morgan fingerprint density at radius 3 is 2.81 bits per heavy atom. The number of hydrogen-bond acceptors (Lipinski definition) is 2. The van der Waals surface area contributed by atoms with Crippen molar-refractivity contribution in [1.29, 1.82) is 0 Å². The summed E-state index contributed by atoms with van der Waals surface area (Å²) in [5, 5.41) is 4.10. The van der Waals surface area contributed by atoms with Crippen LogP contribution in [0.25, 0.3) is 0 Å². The Labute approximate surface area is 137 Å². The minimum absolute atomic E-state index is 0.435. The van der Waals surface area contributed by atoms with E-state index in [4.69, 9.17) is 11.6 Å². The summed E-state index contributed by atoms with van der Waals surface area (Å²) in [5.74, 6) is 0.911. The molecule has 3 aliphatic rings. The van der Waals surface area contributed by atoms with Gasteiger partial charge in [-0.2, -0.15) is 0 Å². The van der Waals surface area contributed by atoms with Gasteiger partial charge in [0.15, 0.2) is 0 Å². The van der Waals surface area contributed by atoms with Crippen LogP contribution in [0.5, 0.6) is 0 Å². The van der Waals surface area contributed by atoms with Gasteiger partial charge < -0.3 is 5.32 Å². The lowest BCUT2D eigenvalue weighted by molar-refractivity contribution is 0.0958. The van der Waals surface area contributed by atoms with Gasteiger partial charge in [0.25, 0.3) is 0 Å². The largest absolute Gasteiger partial charge is 0.306 e. The molecule has 0 saturated heterocycles. The lowest BCUT2D eigenvalue weighted by atomic mass is 9.68. The lowest BCUT2D eigenvalue weighted by Gasteiger charge is -2.45. The fourth-order valence-corrected chi connectivity index (χ4v) is 7.00. The van der Waals surface area contributed by atoms with Gasteiger partial charge in [-0.3, -0.25) is 0 Å². The number of nitrogens with one attached hydrogen (secondary N) is 1. The Morgan fingerprint density at radius 2 is 2.10 bits per heavy atom. The zero-order chi connectivity index (χ0) is 14.8. The van der Waals surface area contributed by atoms with Crippen LogP contribution in [0.15, 0.2) is 6.07 Å².